The van der Waals surface area contributed by atoms with Crippen molar-refractivity contribution < 1.29 is 34.1 Å². The maximum absolute atomic E-state index is 13.0. The van der Waals surface area contributed by atoms with Crippen LogP contribution in [0, 0.1) is 0 Å². The highest BCUT2D eigenvalue weighted by Crippen LogP contribution is 2.43. The number of hydrogen-bond donors (Lipinski definition) is 3. The van der Waals surface area contributed by atoms with Crippen LogP contribution in [0.2, 0.25) is 0 Å². The fraction of sp³-hybridized carbons (Fsp3) is 0.115. The Bertz CT molecular complexity index is 1440. The van der Waals surface area contributed by atoms with Crippen molar-refractivity contribution in [2.75, 3.05) is 7.11 Å². The summed E-state index contributed by atoms with van der Waals surface area (Å²) >= 11 is 0. The van der Waals surface area contributed by atoms with Gasteiger partial charge in [-0.15, -0.1) is 0 Å². The molecule has 0 fully saturated rings. The standard InChI is InChI=1S/C26H20O8/c1-33-22(30)11-17(14-7-9-16(10-8-14)26(31)32)23-18(27)12-19(28)24-20(29)13-21(34-25(23)24)15-5-3-2-4-6-15/h2-10,12-13,17,27-28H,11H2,1H3,(H,31,32). The third kappa shape index (κ3) is 4.21. The Hall–Kier alpha value is -4.59. The highest BCUT2D eigenvalue weighted by Gasteiger charge is 2.28. The monoisotopic (exact) mass is 460 g/mol. The molecule has 0 amide bonds. The number of aromatic carboxylic acids is 1. The van der Waals surface area contributed by atoms with Crippen LogP contribution < -0.4 is 5.43 Å². The Kier molecular flexibility index (Phi) is 6.05. The van der Waals surface area contributed by atoms with E-state index in [9.17, 15) is 29.7 Å². The second-order valence-corrected chi connectivity index (χ2v) is 7.63. The predicted octanol–water partition coefficient (Wildman–Crippen LogP) is 4.26. The number of carboxylic acids is 1. The summed E-state index contributed by atoms with van der Waals surface area (Å²) in [5.41, 5.74) is 0.599. The lowest BCUT2D eigenvalue weighted by molar-refractivity contribution is -0.140. The normalized spacial score (nSPS) is 11.8. The molecule has 34 heavy (non-hydrogen) atoms. The molecular weight excluding hydrogens is 440 g/mol. The van der Waals surface area contributed by atoms with Gasteiger partial charge in [-0.3, -0.25) is 9.59 Å². The van der Waals surface area contributed by atoms with E-state index in [0.717, 1.165) is 6.07 Å². The number of esters is 1. The first-order valence-electron chi connectivity index (χ1n) is 10.3. The number of rotatable bonds is 6. The molecule has 8 nitrogen and oxygen atoms in total. The highest BCUT2D eigenvalue weighted by atomic mass is 16.5. The summed E-state index contributed by atoms with van der Waals surface area (Å²) in [6, 6.07) is 16.8. The molecular formula is C26H20O8. The topological polar surface area (TPSA) is 134 Å². The van der Waals surface area contributed by atoms with E-state index in [2.05, 4.69) is 0 Å². The summed E-state index contributed by atoms with van der Waals surface area (Å²) in [6.07, 6.45) is -0.240. The van der Waals surface area contributed by atoms with E-state index in [1.165, 1.54) is 37.4 Å². The minimum atomic E-state index is -1.12. The predicted molar refractivity (Wildman–Crippen MR) is 123 cm³/mol. The zero-order valence-corrected chi connectivity index (χ0v) is 18.0. The van der Waals surface area contributed by atoms with Crippen molar-refractivity contribution in [3.63, 3.8) is 0 Å². The number of benzene rings is 3. The minimum Gasteiger partial charge on any atom is -0.507 e. The third-order valence-corrected chi connectivity index (χ3v) is 5.56. The maximum atomic E-state index is 13.0. The highest BCUT2D eigenvalue weighted by molar-refractivity contribution is 5.91. The number of fused-ring (bicyclic) bond motifs is 1. The Balaban J connectivity index is 2.01. The van der Waals surface area contributed by atoms with Gasteiger partial charge < -0.3 is 24.5 Å². The van der Waals surface area contributed by atoms with Crippen LogP contribution in [0.1, 0.15) is 33.8 Å². The maximum Gasteiger partial charge on any atom is 0.335 e. The zero-order valence-electron chi connectivity index (χ0n) is 18.0. The number of ether oxygens (including phenoxy) is 1. The Morgan fingerprint density at radius 2 is 1.65 bits per heavy atom. The first-order chi connectivity index (χ1) is 16.3. The Morgan fingerprint density at radius 1 is 0.971 bits per heavy atom. The first kappa shape index (κ1) is 22.6. The van der Waals surface area contributed by atoms with Crippen molar-refractivity contribution in [1.82, 2.24) is 0 Å². The van der Waals surface area contributed by atoms with Gasteiger partial charge in [-0.25, -0.2) is 4.79 Å². The van der Waals surface area contributed by atoms with E-state index in [1.807, 2.05) is 0 Å². The van der Waals surface area contributed by atoms with Gasteiger partial charge in [0.1, 0.15) is 28.2 Å². The molecule has 3 aromatic carbocycles. The van der Waals surface area contributed by atoms with Crippen molar-refractivity contribution in [2.45, 2.75) is 12.3 Å². The quantitative estimate of drug-likeness (QED) is 0.363. The van der Waals surface area contributed by atoms with E-state index in [0.29, 0.717) is 11.1 Å². The number of methoxy groups -OCH3 is 1. The summed E-state index contributed by atoms with van der Waals surface area (Å²) in [6.45, 7) is 0. The number of hydrogen-bond acceptors (Lipinski definition) is 7. The van der Waals surface area contributed by atoms with Crippen molar-refractivity contribution in [2.24, 2.45) is 0 Å². The first-order valence-corrected chi connectivity index (χ1v) is 10.3. The van der Waals surface area contributed by atoms with Gasteiger partial charge in [-0.05, 0) is 17.7 Å². The molecule has 172 valence electrons. The van der Waals surface area contributed by atoms with E-state index >= 15 is 0 Å². The Morgan fingerprint density at radius 3 is 2.26 bits per heavy atom. The van der Waals surface area contributed by atoms with Crippen molar-refractivity contribution in [1.29, 1.82) is 0 Å². The SMILES string of the molecule is COC(=O)CC(c1ccc(C(=O)O)cc1)c1c(O)cc(O)c2c(=O)cc(-c3ccccc3)oc12. The fourth-order valence-corrected chi connectivity index (χ4v) is 3.90. The molecule has 1 unspecified atom stereocenters. The molecule has 0 bridgehead atoms. The lowest BCUT2D eigenvalue weighted by atomic mass is 9.86. The van der Waals surface area contributed by atoms with E-state index < -0.39 is 34.8 Å². The van der Waals surface area contributed by atoms with Crippen molar-refractivity contribution in [3.8, 4) is 22.8 Å². The lowest BCUT2D eigenvalue weighted by Gasteiger charge is -2.20. The van der Waals surface area contributed by atoms with Crippen LogP contribution in [0.5, 0.6) is 11.5 Å². The second-order valence-electron chi connectivity index (χ2n) is 7.63. The third-order valence-electron chi connectivity index (χ3n) is 5.56. The molecule has 0 spiro atoms. The number of carboxylic acid groups (broad SMARTS) is 1. The lowest BCUT2D eigenvalue weighted by Crippen LogP contribution is -2.12. The summed E-state index contributed by atoms with van der Waals surface area (Å²) < 4.78 is 10.9. The van der Waals surface area contributed by atoms with Crippen LogP contribution in [0.4, 0.5) is 0 Å². The largest absolute Gasteiger partial charge is 0.507 e. The number of carbonyl (C=O) groups excluding carboxylic acids is 1. The molecule has 0 aliphatic carbocycles. The fourth-order valence-electron chi connectivity index (χ4n) is 3.90. The molecule has 0 aliphatic heterocycles. The molecule has 0 saturated heterocycles. The number of phenolic OH excluding ortho intramolecular Hbond substituents is 2. The molecule has 4 rings (SSSR count). The van der Waals surface area contributed by atoms with Gasteiger partial charge in [0.05, 0.1) is 19.1 Å². The molecule has 0 aliphatic rings. The van der Waals surface area contributed by atoms with E-state index in [-0.39, 0.29) is 34.3 Å². The van der Waals surface area contributed by atoms with Crippen LogP contribution in [0.25, 0.3) is 22.3 Å². The summed E-state index contributed by atoms with van der Waals surface area (Å²) in [4.78, 5) is 36.5. The van der Waals surface area contributed by atoms with Crippen molar-refractivity contribution in [3.05, 3.63) is 93.6 Å². The summed E-state index contributed by atoms with van der Waals surface area (Å²) in [5.74, 6) is -3.24. The van der Waals surface area contributed by atoms with Gasteiger partial charge in [0, 0.05) is 29.2 Å². The number of carbonyl (C=O) groups is 2. The smallest absolute Gasteiger partial charge is 0.335 e. The molecule has 4 aromatic rings. The van der Waals surface area contributed by atoms with Gasteiger partial charge in [-0.2, -0.15) is 0 Å². The Labute approximate surface area is 193 Å². The number of aromatic hydroxyl groups is 2. The van der Waals surface area contributed by atoms with Gasteiger partial charge >= 0.3 is 11.9 Å². The van der Waals surface area contributed by atoms with E-state index in [1.54, 1.807) is 30.3 Å². The van der Waals surface area contributed by atoms with Crippen LogP contribution in [0.15, 0.2) is 75.9 Å². The van der Waals surface area contributed by atoms with Crippen LogP contribution in [-0.4, -0.2) is 34.4 Å². The van der Waals surface area contributed by atoms with Crippen LogP contribution in [-0.2, 0) is 9.53 Å². The molecule has 1 heterocycles. The van der Waals surface area contributed by atoms with Gasteiger partial charge in [0.15, 0.2) is 5.43 Å². The molecule has 0 radical (unpaired) electrons. The van der Waals surface area contributed by atoms with Crippen LogP contribution >= 0.6 is 0 Å². The second kappa shape index (κ2) is 9.11. The zero-order chi connectivity index (χ0) is 24.4. The minimum absolute atomic E-state index is 0.0400. The number of phenols is 2. The van der Waals surface area contributed by atoms with Gasteiger partial charge in [0.2, 0.25) is 0 Å². The average molecular weight is 460 g/mol. The molecule has 3 N–H and O–H groups in total. The van der Waals surface area contributed by atoms with Gasteiger partial charge in [0.25, 0.3) is 0 Å². The summed E-state index contributed by atoms with van der Waals surface area (Å²) in [7, 11) is 1.22. The molecule has 1 atom stereocenters. The van der Waals surface area contributed by atoms with Gasteiger partial charge in [-0.1, -0.05) is 42.5 Å². The van der Waals surface area contributed by atoms with Crippen LogP contribution in [0.3, 0.4) is 0 Å². The molecule has 1 aromatic heterocycles. The summed E-state index contributed by atoms with van der Waals surface area (Å²) in [5, 5.41) is 30.3. The average Bonchev–Trinajstić information content (AvgIpc) is 2.83. The van der Waals surface area contributed by atoms with Crippen molar-refractivity contribution >= 4 is 22.9 Å². The molecule has 8 heteroatoms. The molecule has 0 saturated carbocycles. The van der Waals surface area contributed by atoms with E-state index in [4.69, 9.17) is 9.15 Å².